The zero-order valence-electron chi connectivity index (χ0n) is 20.9. The molecule has 5 rings (SSSR count). The molecule has 6 heteroatoms. The molecule has 1 amide bonds. The molecule has 0 saturated heterocycles. The van der Waals surface area contributed by atoms with Crippen LogP contribution in [0.4, 0.5) is 5.69 Å². The highest BCUT2D eigenvalue weighted by Gasteiger charge is 2.27. The number of anilines is 1. The summed E-state index contributed by atoms with van der Waals surface area (Å²) in [5.74, 6) is -0.184. The molecule has 188 valence electrons. The van der Waals surface area contributed by atoms with Gasteiger partial charge in [0.05, 0.1) is 18.4 Å². The van der Waals surface area contributed by atoms with Gasteiger partial charge in [-0.05, 0) is 77.0 Å². The number of carbonyl (C=O) groups excluding carboxylic acids is 2. The van der Waals surface area contributed by atoms with Crippen molar-refractivity contribution in [3.8, 4) is 11.1 Å². The number of nitrogens with zero attached hydrogens (tertiary/aromatic N) is 2. The Labute approximate surface area is 221 Å². The van der Waals surface area contributed by atoms with Crippen molar-refractivity contribution in [1.82, 2.24) is 4.37 Å². The Balaban J connectivity index is 1.41. The van der Waals surface area contributed by atoms with Crippen molar-refractivity contribution in [2.24, 2.45) is 5.92 Å². The lowest BCUT2D eigenvalue weighted by atomic mass is 9.88. The van der Waals surface area contributed by atoms with Crippen LogP contribution in [0.3, 0.4) is 0 Å². The van der Waals surface area contributed by atoms with Gasteiger partial charge in [0.1, 0.15) is 0 Å². The molecule has 1 aliphatic carbocycles. The number of aromatic nitrogens is 1. The predicted octanol–water partition coefficient (Wildman–Crippen LogP) is 7.26. The molecule has 0 atom stereocenters. The van der Waals surface area contributed by atoms with E-state index in [0.717, 1.165) is 59.0 Å². The van der Waals surface area contributed by atoms with Crippen LogP contribution in [-0.2, 0) is 20.9 Å². The predicted molar refractivity (Wildman–Crippen MR) is 150 cm³/mol. The van der Waals surface area contributed by atoms with Crippen LogP contribution in [0.2, 0.25) is 0 Å². The number of benzene rings is 3. The van der Waals surface area contributed by atoms with E-state index in [9.17, 15) is 9.59 Å². The van der Waals surface area contributed by atoms with Crippen LogP contribution < -0.4 is 4.90 Å². The standard InChI is InChI=1S/C31H30N2O3S/c1-36-30(34)17-12-22-6-5-9-28(18-22)33(31(35)25-7-3-2-4-8-25)21-23-10-13-24(14-11-23)26-15-16-29-27(19-26)20-32-37-29/h5-6,9-20,25H,2-4,7-8,21H2,1H3. The maximum Gasteiger partial charge on any atom is 0.330 e. The Morgan fingerprint density at radius 3 is 2.57 bits per heavy atom. The average molecular weight is 511 g/mol. The van der Waals surface area contributed by atoms with Crippen LogP contribution in [0, 0.1) is 5.92 Å². The first-order chi connectivity index (χ1) is 18.1. The summed E-state index contributed by atoms with van der Waals surface area (Å²) >= 11 is 1.50. The van der Waals surface area contributed by atoms with Gasteiger partial charge in [0.25, 0.3) is 0 Å². The van der Waals surface area contributed by atoms with E-state index in [1.165, 1.54) is 35.8 Å². The molecule has 0 unspecified atom stereocenters. The summed E-state index contributed by atoms with van der Waals surface area (Å²) in [6, 6.07) is 22.6. The number of methoxy groups -OCH3 is 1. The van der Waals surface area contributed by atoms with Gasteiger partial charge < -0.3 is 9.64 Å². The Hall–Kier alpha value is -3.77. The van der Waals surface area contributed by atoms with Crippen molar-refractivity contribution >= 4 is 45.3 Å². The number of esters is 1. The molecule has 1 heterocycles. The normalized spacial score (nSPS) is 14.2. The lowest BCUT2D eigenvalue weighted by Gasteiger charge is -2.30. The first-order valence-electron chi connectivity index (χ1n) is 12.7. The Morgan fingerprint density at radius 1 is 1.00 bits per heavy atom. The summed E-state index contributed by atoms with van der Waals surface area (Å²) < 4.78 is 10.2. The molecule has 4 aromatic rings. The van der Waals surface area contributed by atoms with Crippen LogP contribution in [0.25, 0.3) is 27.3 Å². The molecule has 1 saturated carbocycles. The smallest absolute Gasteiger partial charge is 0.330 e. The van der Waals surface area contributed by atoms with Gasteiger partial charge in [-0.3, -0.25) is 4.79 Å². The minimum Gasteiger partial charge on any atom is -0.466 e. The lowest BCUT2D eigenvalue weighted by molar-refractivity contribution is -0.134. The van der Waals surface area contributed by atoms with Gasteiger partial charge in [-0.15, -0.1) is 0 Å². The summed E-state index contributed by atoms with van der Waals surface area (Å²) in [5, 5.41) is 1.15. The summed E-state index contributed by atoms with van der Waals surface area (Å²) in [4.78, 5) is 27.2. The first kappa shape index (κ1) is 24.9. The second kappa shape index (κ2) is 11.5. The summed E-state index contributed by atoms with van der Waals surface area (Å²) in [6.07, 6.45) is 10.3. The highest BCUT2D eigenvalue weighted by atomic mass is 32.1. The molecule has 0 aliphatic heterocycles. The fourth-order valence-electron chi connectivity index (χ4n) is 4.93. The molecule has 0 N–H and O–H groups in total. The van der Waals surface area contributed by atoms with E-state index in [0.29, 0.717) is 6.54 Å². The third kappa shape index (κ3) is 5.97. The largest absolute Gasteiger partial charge is 0.466 e. The number of fused-ring (bicyclic) bond motifs is 1. The average Bonchev–Trinajstić information content (AvgIpc) is 3.43. The minimum absolute atomic E-state index is 0.0493. The number of carbonyl (C=O) groups is 2. The van der Waals surface area contributed by atoms with Crippen molar-refractivity contribution in [2.75, 3.05) is 12.0 Å². The molecule has 0 spiro atoms. The second-order valence-corrected chi connectivity index (χ2v) is 10.3. The van der Waals surface area contributed by atoms with Gasteiger partial charge in [-0.25, -0.2) is 4.79 Å². The fourth-order valence-corrected chi connectivity index (χ4v) is 5.56. The highest BCUT2D eigenvalue weighted by Crippen LogP contribution is 2.30. The topological polar surface area (TPSA) is 59.5 Å². The van der Waals surface area contributed by atoms with E-state index in [1.807, 2.05) is 35.4 Å². The van der Waals surface area contributed by atoms with E-state index in [4.69, 9.17) is 4.74 Å². The van der Waals surface area contributed by atoms with Crippen molar-refractivity contribution in [3.05, 3.63) is 90.1 Å². The van der Waals surface area contributed by atoms with E-state index in [-0.39, 0.29) is 11.8 Å². The number of hydrogen-bond acceptors (Lipinski definition) is 5. The summed E-state index contributed by atoms with van der Waals surface area (Å²) in [6.45, 7) is 0.493. The molecule has 5 nitrogen and oxygen atoms in total. The van der Waals surface area contributed by atoms with Gasteiger partial charge in [-0.2, -0.15) is 4.37 Å². The molecular formula is C31H30N2O3S. The Morgan fingerprint density at radius 2 is 1.78 bits per heavy atom. The van der Waals surface area contributed by atoms with Gasteiger partial charge in [-0.1, -0.05) is 61.7 Å². The lowest BCUT2D eigenvalue weighted by Crippen LogP contribution is -2.36. The van der Waals surface area contributed by atoms with Crippen molar-refractivity contribution in [1.29, 1.82) is 0 Å². The van der Waals surface area contributed by atoms with E-state index in [1.54, 1.807) is 6.08 Å². The second-order valence-electron chi connectivity index (χ2n) is 9.49. The van der Waals surface area contributed by atoms with Crippen LogP contribution in [0.1, 0.15) is 43.2 Å². The number of ether oxygens (including phenoxy) is 1. The molecule has 37 heavy (non-hydrogen) atoms. The van der Waals surface area contributed by atoms with Crippen LogP contribution in [0.15, 0.2) is 79.0 Å². The third-order valence-electron chi connectivity index (χ3n) is 7.00. The monoisotopic (exact) mass is 510 g/mol. The summed E-state index contributed by atoms with van der Waals surface area (Å²) in [5.41, 5.74) is 5.04. The number of amides is 1. The number of rotatable bonds is 7. The molecule has 0 bridgehead atoms. The molecule has 1 fully saturated rings. The van der Waals surface area contributed by atoms with Gasteiger partial charge in [0.15, 0.2) is 0 Å². The molecule has 3 aromatic carbocycles. The summed E-state index contributed by atoms with van der Waals surface area (Å²) in [7, 11) is 1.36. The zero-order valence-corrected chi connectivity index (χ0v) is 21.7. The highest BCUT2D eigenvalue weighted by molar-refractivity contribution is 7.13. The quantitative estimate of drug-likeness (QED) is 0.194. The van der Waals surface area contributed by atoms with Crippen LogP contribution in [0.5, 0.6) is 0 Å². The molecule has 1 aliphatic rings. The third-order valence-corrected chi connectivity index (χ3v) is 7.78. The minimum atomic E-state index is -0.407. The fraction of sp³-hybridized carbons (Fsp3) is 0.258. The van der Waals surface area contributed by atoms with Crippen LogP contribution in [-0.4, -0.2) is 23.4 Å². The zero-order chi connectivity index (χ0) is 25.6. The Bertz CT molecular complexity index is 1420. The molecular weight excluding hydrogens is 480 g/mol. The van der Waals surface area contributed by atoms with E-state index >= 15 is 0 Å². The SMILES string of the molecule is COC(=O)C=Cc1cccc(N(Cc2ccc(-c3ccc4sncc4c3)cc2)C(=O)C2CCCCC2)c1. The van der Waals surface area contributed by atoms with E-state index < -0.39 is 5.97 Å². The maximum absolute atomic E-state index is 13.7. The van der Waals surface area contributed by atoms with Gasteiger partial charge >= 0.3 is 5.97 Å². The van der Waals surface area contributed by atoms with Gasteiger partial charge in [0, 0.05) is 29.3 Å². The van der Waals surface area contributed by atoms with Crippen molar-refractivity contribution < 1.29 is 14.3 Å². The van der Waals surface area contributed by atoms with E-state index in [2.05, 4.69) is 46.8 Å². The van der Waals surface area contributed by atoms with Crippen LogP contribution >= 0.6 is 11.5 Å². The van der Waals surface area contributed by atoms with Gasteiger partial charge in [0.2, 0.25) is 5.91 Å². The van der Waals surface area contributed by atoms with Crippen molar-refractivity contribution in [2.45, 2.75) is 38.6 Å². The Kier molecular flexibility index (Phi) is 7.76. The molecule has 0 radical (unpaired) electrons. The number of hydrogen-bond donors (Lipinski definition) is 0. The maximum atomic E-state index is 13.7. The van der Waals surface area contributed by atoms with Crippen molar-refractivity contribution in [3.63, 3.8) is 0 Å². The molecule has 1 aromatic heterocycles. The first-order valence-corrected chi connectivity index (χ1v) is 13.5.